The van der Waals surface area contributed by atoms with Gasteiger partial charge in [-0.3, -0.25) is 4.90 Å². The molecule has 0 radical (unpaired) electrons. The third-order valence-corrected chi connectivity index (χ3v) is 4.32. The molecule has 0 aromatic carbocycles. The quantitative estimate of drug-likeness (QED) is 0.621. The zero-order chi connectivity index (χ0) is 10.5. The molecule has 14 heavy (non-hydrogen) atoms. The number of nitrogens with zero attached hydrogens (tertiary/aromatic N) is 1. The largest absolute Gasteiger partial charge is 0.298 e. The number of fused-ring (bicyclic) bond motifs is 2. The maximum Gasteiger partial charge on any atom is 0.0125 e. The summed E-state index contributed by atoms with van der Waals surface area (Å²) in [7, 11) is 0. The van der Waals surface area contributed by atoms with Crippen LogP contribution in [0.1, 0.15) is 41.0 Å². The second-order valence-electron chi connectivity index (χ2n) is 6.65. The summed E-state index contributed by atoms with van der Waals surface area (Å²) >= 11 is 0. The van der Waals surface area contributed by atoms with Gasteiger partial charge >= 0.3 is 0 Å². The molecule has 0 aromatic heterocycles. The van der Waals surface area contributed by atoms with Gasteiger partial charge in [-0.05, 0) is 50.9 Å². The fourth-order valence-corrected chi connectivity index (χ4v) is 3.56. The lowest BCUT2D eigenvalue weighted by Gasteiger charge is -2.58. The summed E-state index contributed by atoms with van der Waals surface area (Å²) in [5, 5.41) is 0. The summed E-state index contributed by atoms with van der Waals surface area (Å²) in [5.41, 5.74) is 0.388. The lowest BCUT2D eigenvalue weighted by atomic mass is 9.57. The molecule has 1 nitrogen and oxygen atoms in total. The predicted molar refractivity (Wildman–Crippen MR) is 61.3 cm³/mol. The number of hydrogen-bond acceptors (Lipinski definition) is 1. The fourth-order valence-electron chi connectivity index (χ4n) is 3.56. The van der Waals surface area contributed by atoms with Crippen molar-refractivity contribution < 1.29 is 0 Å². The molecule has 0 amide bonds. The molecule has 2 atom stereocenters. The minimum Gasteiger partial charge on any atom is -0.298 e. The Bertz CT molecular complexity index is 202. The first-order chi connectivity index (χ1) is 6.39. The van der Waals surface area contributed by atoms with Crippen LogP contribution in [0.4, 0.5) is 0 Å². The van der Waals surface area contributed by atoms with Crippen LogP contribution in [0.5, 0.6) is 0 Å². The average molecular weight is 195 g/mol. The van der Waals surface area contributed by atoms with Gasteiger partial charge in [0, 0.05) is 18.6 Å². The van der Waals surface area contributed by atoms with Gasteiger partial charge in [-0.25, -0.2) is 0 Å². The summed E-state index contributed by atoms with van der Waals surface area (Å²) in [6.07, 6.45) is 1.51. The molecule has 2 bridgehead atoms. The first kappa shape index (κ1) is 10.5. The Balaban J connectivity index is 1.98. The van der Waals surface area contributed by atoms with Crippen molar-refractivity contribution in [2.24, 2.45) is 23.7 Å². The Hall–Kier alpha value is -0.0400. The van der Waals surface area contributed by atoms with Crippen LogP contribution in [0.25, 0.3) is 0 Å². The monoisotopic (exact) mass is 195 g/mol. The van der Waals surface area contributed by atoms with Crippen LogP contribution in [-0.4, -0.2) is 23.5 Å². The average Bonchev–Trinajstić information content (AvgIpc) is 2.01. The Morgan fingerprint density at radius 1 is 1.07 bits per heavy atom. The van der Waals surface area contributed by atoms with E-state index in [4.69, 9.17) is 0 Å². The highest BCUT2D eigenvalue weighted by Crippen LogP contribution is 2.50. The molecular formula is C13H25N. The molecule has 2 heterocycles. The van der Waals surface area contributed by atoms with Gasteiger partial charge < -0.3 is 0 Å². The first-order valence-electron chi connectivity index (χ1n) is 6.14. The second-order valence-corrected chi connectivity index (χ2v) is 6.65. The number of hydrogen-bond donors (Lipinski definition) is 0. The highest BCUT2D eigenvalue weighted by atomic mass is 15.2. The van der Waals surface area contributed by atoms with E-state index in [1.807, 2.05) is 0 Å². The molecule has 0 N–H and O–H groups in total. The van der Waals surface area contributed by atoms with E-state index in [-0.39, 0.29) is 0 Å². The van der Waals surface area contributed by atoms with Crippen LogP contribution in [-0.2, 0) is 0 Å². The molecule has 1 aliphatic carbocycles. The smallest absolute Gasteiger partial charge is 0.0125 e. The zero-order valence-electron chi connectivity index (χ0n) is 10.4. The van der Waals surface area contributed by atoms with E-state index in [0.29, 0.717) is 5.54 Å². The van der Waals surface area contributed by atoms with Crippen LogP contribution < -0.4 is 0 Å². The second kappa shape index (κ2) is 3.23. The van der Waals surface area contributed by atoms with Gasteiger partial charge in [0.2, 0.25) is 0 Å². The minimum atomic E-state index is 0.388. The van der Waals surface area contributed by atoms with E-state index >= 15 is 0 Å². The highest BCUT2D eigenvalue weighted by Gasteiger charge is 2.49. The summed E-state index contributed by atoms with van der Waals surface area (Å²) < 4.78 is 0. The molecule has 3 aliphatic rings. The third-order valence-electron chi connectivity index (χ3n) is 4.32. The van der Waals surface area contributed by atoms with E-state index in [1.165, 1.54) is 19.5 Å². The van der Waals surface area contributed by atoms with Crippen LogP contribution in [0.15, 0.2) is 0 Å². The molecule has 2 aliphatic heterocycles. The summed E-state index contributed by atoms with van der Waals surface area (Å²) in [6, 6.07) is 0. The Morgan fingerprint density at radius 3 is 1.93 bits per heavy atom. The lowest BCUT2D eigenvalue weighted by molar-refractivity contribution is -0.0944. The Kier molecular flexibility index (Phi) is 2.42. The van der Waals surface area contributed by atoms with Crippen LogP contribution in [0, 0.1) is 23.7 Å². The van der Waals surface area contributed by atoms with Crippen molar-refractivity contribution in [2.75, 3.05) is 13.1 Å². The van der Waals surface area contributed by atoms with Crippen molar-refractivity contribution in [3.8, 4) is 0 Å². The SMILES string of the molecule is CC(C)C1C2CC1CN(C(C)(C)C)C2. The van der Waals surface area contributed by atoms with Crippen molar-refractivity contribution in [2.45, 2.75) is 46.6 Å². The molecule has 3 rings (SSSR count). The zero-order valence-corrected chi connectivity index (χ0v) is 10.4. The highest BCUT2D eigenvalue weighted by molar-refractivity contribution is 5.00. The maximum atomic E-state index is 2.69. The van der Waals surface area contributed by atoms with Crippen LogP contribution in [0.3, 0.4) is 0 Å². The number of piperidine rings is 2. The van der Waals surface area contributed by atoms with Gasteiger partial charge in [0.1, 0.15) is 0 Å². The van der Waals surface area contributed by atoms with E-state index in [0.717, 1.165) is 23.7 Å². The van der Waals surface area contributed by atoms with Crippen molar-refractivity contribution in [3.63, 3.8) is 0 Å². The van der Waals surface area contributed by atoms with E-state index in [2.05, 4.69) is 39.5 Å². The first-order valence-corrected chi connectivity index (χ1v) is 6.14. The molecule has 1 saturated carbocycles. The Morgan fingerprint density at radius 2 is 1.57 bits per heavy atom. The number of rotatable bonds is 1. The van der Waals surface area contributed by atoms with Gasteiger partial charge in [0.05, 0.1) is 0 Å². The van der Waals surface area contributed by atoms with Crippen molar-refractivity contribution in [1.82, 2.24) is 4.90 Å². The van der Waals surface area contributed by atoms with Gasteiger partial charge in [-0.2, -0.15) is 0 Å². The predicted octanol–water partition coefficient (Wildman–Crippen LogP) is 3.01. The third kappa shape index (κ3) is 1.60. The van der Waals surface area contributed by atoms with Crippen molar-refractivity contribution in [1.29, 1.82) is 0 Å². The molecule has 0 aromatic rings. The van der Waals surface area contributed by atoms with Gasteiger partial charge in [-0.1, -0.05) is 13.8 Å². The topological polar surface area (TPSA) is 3.24 Å². The maximum absolute atomic E-state index is 2.69. The van der Waals surface area contributed by atoms with Crippen molar-refractivity contribution in [3.05, 3.63) is 0 Å². The summed E-state index contributed by atoms with van der Waals surface area (Å²) in [6.45, 7) is 14.5. The lowest BCUT2D eigenvalue weighted by Crippen LogP contribution is -2.61. The molecular weight excluding hydrogens is 170 g/mol. The Labute approximate surface area is 88.9 Å². The summed E-state index contributed by atoms with van der Waals surface area (Å²) in [4.78, 5) is 2.69. The van der Waals surface area contributed by atoms with Gasteiger partial charge in [0.25, 0.3) is 0 Å². The minimum absolute atomic E-state index is 0.388. The van der Waals surface area contributed by atoms with Crippen molar-refractivity contribution >= 4 is 0 Å². The van der Waals surface area contributed by atoms with Gasteiger partial charge in [0.15, 0.2) is 0 Å². The molecule has 2 saturated heterocycles. The molecule has 1 heteroatoms. The normalized spacial score (nSPS) is 38.6. The summed E-state index contributed by atoms with van der Waals surface area (Å²) in [5.74, 6) is 3.95. The van der Waals surface area contributed by atoms with Gasteiger partial charge in [-0.15, -0.1) is 0 Å². The fraction of sp³-hybridized carbons (Fsp3) is 1.00. The molecule has 82 valence electrons. The van der Waals surface area contributed by atoms with E-state index < -0.39 is 0 Å². The molecule has 3 fully saturated rings. The van der Waals surface area contributed by atoms with E-state index in [1.54, 1.807) is 0 Å². The molecule has 0 spiro atoms. The van der Waals surface area contributed by atoms with Crippen LogP contribution in [0.2, 0.25) is 0 Å². The molecule has 2 unspecified atom stereocenters. The van der Waals surface area contributed by atoms with E-state index in [9.17, 15) is 0 Å². The van der Waals surface area contributed by atoms with Crippen LogP contribution >= 0.6 is 0 Å². The standard InChI is InChI=1S/C13H25N/c1-9(2)12-10-6-11(12)8-14(7-10)13(3,4)5/h9-12H,6-8H2,1-5H3.